The number of ether oxygens (including phenoxy) is 1. The number of benzene rings is 2. The maximum Gasteiger partial charge on any atom is 0.167 e. The number of hydrogen-bond donors (Lipinski definition) is 0. The summed E-state index contributed by atoms with van der Waals surface area (Å²) in [6.45, 7) is 0.835. The van der Waals surface area contributed by atoms with Gasteiger partial charge in [0.05, 0.1) is 11.0 Å². The van der Waals surface area contributed by atoms with Crippen molar-refractivity contribution >= 4 is 27.6 Å². The Kier molecular flexibility index (Phi) is 2.50. The van der Waals surface area contributed by atoms with Crippen LogP contribution in [0.5, 0.6) is 0 Å². The Labute approximate surface area is 128 Å². The van der Waals surface area contributed by atoms with Gasteiger partial charge in [0.25, 0.3) is 0 Å². The van der Waals surface area contributed by atoms with Crippen LogP contribution in [0.2, 0.25) is 0 Å². The highest BCUT2D eigenvalue weighted by atomic mass is 16.5. The van der Waals surface area contributed by atoms with Gasteiger partial charge in [-0.05, 0) is 43.0 Å². The molecule has 0 N–H and O–H groups in total. The summed E-state index contributed by atoms with van der Waals surface area (Å²) in [6, 6.07) is 12.7. The van der Waals surface area contributed by atoms with E-state index < -0.39 is 0 Å². The van der Waals surface area contributed by atoms with Gasteiger partial charge in [0.1, 0.15) is 6.23 Å². The zero-order valence-electron chi connectivity index (χ0n) is 12.3. The van der Waals surface area contributed by atoms with E-state index in [0.717, 1.165) is 25.0 Å². The molecule has 0 spiro atoms. The van der Waals surface area contributed by atoms with Gasteiger partial charge in [-0.25, -0.2) is 0 Å². The van der Waals surface area contributed by atoms with Gasteiger partial charge in [-0.2, -0.15) is 0 Å². The van der Waals surface area contributed by atoms with Crippen molar-refractivity contribution in [3.63, 3.8) is 0 Å². The lowest BCUT2D eigenvalue weighted by Crippen LogP contribution is -2.20. The molecule has 1 fully saturated rings. The summed E-state index contributed by atoms with van der Waals surface area (Å²) in [5.74, 6) is 0.266. The monoisotopic (exact) mass is 291 g/mol. The van der Waals surface area contributed by atoms with Crippen molar-refractivity contribution in [2.75, 3.05) is 6.61 Å². The van der Waals surface area contributed by atoms with Crippen LogP contribution in [0, 0.1) is 0 Å². The first-order valence-corrected chi connectivity index (χ1v) is 8.03. The van der Waals surface area contributed by atoms with Crippen LogP contribution in [0.4, 0.5) is 0 Å². The average Bonchev–Trinajstić information content (AvgIpc) is 2.88. The molecule has 1 aromatic heterocycles. The SMILES string of the molecule is O=C1Cc2cc3c(cc21)c1ccccc1n3C1CCCCO1. The molecule has 3 aromatic rings. The van der Waals surface area contributed by atoms with E-state index in [0.29, 0.717) is 6.42 Å². The molecule has 1 saturated heterocycles. The van der Waals surface area contributed by atoms with Gasteiger partial charge in [-0.3, -0.25) is 4.79 Å². The van der Waals surface area contributed by atoms with Gasteiger partial charge in [-0.15, -0.1) is 0 Å². The highest BCUT2D eigenvalue weighted by molar-refractivity contribution is 6.15. The molecule has 0 radical (unpaired) electrons. The third kappa shape index (κ3) is 1.57. The van der Waals surface area contributed by atoms with E-state index in [2.05, 4.69) is 41.0 Å². The molecule has 0 amide bonds. The molecule has 5 rings (SSSR count). The number of nitrogens with zero attached hydrogens (tertiary/aromatic N) is 1. The topological polar surface area (TPSA) is 31.2 Å². The number of aromatic nitrogens is 1. The Balaban J connectivity index is 1.85. The molecular weight excluding hydrogens is 274 g/mol. The van der Waals surface area contributed by atoms with Crippen LogP contribution in [0.3, 0.4) is 0 Å². The summed E-state index contributed by atoms with van der Waals surface area (Å²) in [5.41, 5.74) is 4.50. The molecule has 2 aliphatic rings. The van der Waals surface area contributed by atoms with Crippen molar-refractivity contribution < 1.29 is 9.53 Å². The fourth-order valence-electron chi connectivity index (χ4n) is 3.89. The molecule has 1 atom stereocenters. The first-order chi connectivity index (χ1) is 10.8. The molecule has 2 aromatic carbocycles. The van der Waals surface area contributed by atoms with Crippen LogP contribution in [-0.4, -0.2) is 17.0 Å². The minimum Gasteiger partial charge on any atom is -0.358 e. The van der Waals surface area contributed by atoms with E-state index >= 15 is 0 Å². The van der Waals surface area contributed by atoms with Crippen molar-refractivity contribution in [3.8, 4) is 0 Å². The van der Waals surface area contributed by atoms with E-state index in [1.807, 2.05) is 0 Å². The molecular formula is C19H17NO2. The summed E-state index contributed by atoms with van der Waals surface area (Å²) >= 11 is 0. The van der Waals surface area contributed by atoms with Gasteiger partial charge in [0, 0.05) is 29.4 Å². The lowest BCUT2D eigenvalue weighted by Gasteiger charge is -2.26. The number of para-hydroxylation sites is 1. The quantitative estimate of drug-likeness (QED) is 0.671. The van der Waals surface area contributed by atoms with Crippen molar-refractivity contribution in [1.82, 2.24) is 4.57 Å². The summed E-state index contributed by atoms with van der Waals surface area (Å²) in [4.78, 5) is 11.8. The van der Waals surface area contributed by atoms with Gasteiger partial charge in [0.2, 0.25) is 0 Å². The molecule has 22 heavy (non-hydrogen) atoms. The molecule has 1 aliphatic carbocycles. The molecule has 3 nitrogen and oxygen atoms in total. The largest absolute Gasteiger partial charge is 0.358 e. The van der Waals surface area contributed by atoms with Crippen LogP contribution >= 0.6 is 0 Å². The number of fused-ring (bicyclic) bond motifs is 4. The van der Waals surface area contributed by atoms with Gasteiger partial charge >= 0.3 is 0 Å². The van der Waals surface area contributed by atoms with Crippen molar-refractivity contribution in [1.29, 1.82) is 0 Å². The summed E-state index contributed by atoms with van der Waals surface area (Å²) in [6.07, 6.45) is 4.12. The summed E-state index contributed by atoms with van der Waals surface area (Å²) in [5, 5.41) is 2.39. The highest BCUT2D eigenvalue weighted by Gasteiger charge is 2.27. The maximum absolute atomic E-state index is 11.8. The third-order valence-electron chi connectivity index (χ3n) is 5.03. The lowest BCUT2D eigenvalue weighted by molar-refractivity contribution is -0.0267. The maximum atomic E-state index is 11.8. The van der Waals surface area contributed by atoms with Crippen molar-refractivity contribution in [2.24, 2.45) is 0 Å². The number of carbonyl (C=O) groups excluding carboxylic acids is 1. The second-order valence-electron chi connectivity index (χ2n) is 6.33. The van der Waals surface area contributed by atoms with Crippen molar-refractivity contribution in [3.05, 3.63) is 47.5 Å². The average molecular weight is 291 g/mol. The summed E-state index contributed by atoms with van der Waals surface area (Å²) in [7, 11) is 0. The number of Topliss-reactive ketones (excluding diaryl/α,β-unsaturated/α-hetero) is 1. The van der Waals surface area contributed by atoms with Gasteiger partial charge < -0.3 is 9.30 Å². The van der Waals surface area contributed by atoms with Gasteiger partial charge in [0.15, 0.2) is 5.78 Å². The van der Waals surface area contributed by atoms with Crippen LogP contribution < -0.4 is 0 Å². The molecule has 0 saturated carbocycles. The Morgan fingerprint density at radius 3 is 2.77 bits per heavy atom. The van der Waals surface area contributed by atoms with E-state index in [-0.39, 0.29) is 12.0 Å². The number of rotatable bonds is 1. The molecule has 110 valence electrons. The number of carbonyl (C=O) groups is 1. The number of hydrogen-bond acceptors (Lipinski definition) is 2. The first kappa shape index (κ1) is 12.4. The Hall–Kier alpha value is -2.13. The second-order valence-corrected chi connectivity index (χ2v) is 6.33. The van der Waals surface area contributed by atoms with E-state index in [4.69, 9.17) is 4.74 Å². The first-order valence-electron chi connectivity index (χ1n) is 8.03. The van der Waals surface area contributed by atoms with E-state index in [9.17, 15) is 4.79 Å². The second kappa shape index (κ2) is 4.43. The third-order valence-corrected chi connectivity index (χ3v) is 5.03. The zero-order chi connectivity index (χ0) is 14.7. The van der Waals surface area contributed by atoms with E-state index in [1.165, 1.54) is 33.8 Å². The Morgan fingerprint density at radius 2 is 1.95 bits per heavy atom. The fourth-order valence-corrected chi connectivity index (χ4v) is 3.89. The predicted molar refractivity (Wildman–Crippen MR) is 86.3 cm³/mol. The van der Waals surface area contributed by atoms with E-state index in [1.54, 1.807) is 0 Å². The van der Waals surface area contributed by atoms with Gasteiger partial charge in [-0.1, -0.05) is 18.2 Å². The van der Waals surface area contributed by atoms with Crippen LogP contribution in [0.15, 0.2) is 36.4 Å². The smallest absolute Gasteiger partial charge is 0.167 e. The highest BCUT2D eigenvalue weighted by Crippen LogP contribution is 2.38. The van der Waals surface area contributed by atoms with Crippen LogP contribution in [0.1, 0.15) is 41.4 Å². The van der Waals surface area contributed by atoms with Crippen LogP contribution in [-0.2, 0) is 11.2 Å². The molecule has 1 aliphatic heterocycles. The molecule has 3 heteroatoms. The summed E-state index contributed by atoms with van der Waals surface area (Å²) < 4.78 is 8.38. The normalized spacial score (nSPS) is 21.1. The van der Waals surface area contributed by atoms with Crippen molar-refractivity contribution in [2.45, 2.75) is 31.9 Å². The zero-order valence-corrected chi connectivity index (χ0v) is 12.3. The molecule has 1 unspecified atom stereocenters. The fraction of sp³-hybridized carbons (Fsp3) is 0.316. The number of ketones is 1. The minimum atomic E-state index is 0.116. The standard InChI is InChI=1S/C19H17NO2/c21-18-10-12-9-17-15(11-14(12)18)13-5-1-2-6-16(13)20(17)19-7-3-4-8-22-19/h1-2,5-6,9,11,19H,3-4,7-8,10H2. The lowest BCUT2D eigenvalue weighted by atomic mass is 9.86. The Bertz CT molecular complexity index is 916. The predicted octanol–water partition coefficient (Wildman–Crippen LogP) is 4.23. The van der Waals surface area contributed by atoms with Crippen LogP contribution in [0.25, 0.3) is 21.8 Å². The minimum absolute atomic E-state index is 0.116. The molecule has 0 bridgehead atoms. The molecule has 2 heterocycles. The Morgan fingerprint density at radius 1 is 1.05 bits per heavy atom.